The van der Waals surface area contributed by atoms with Crippen molar-refractivity contribution in [2.75, 3.05) is 19.8 Å². The third-order valence-electron chi connectivity index (χ3n) is 2.70. The smallest absolute Gasteiger partial charge is 0.0545 e. The van der Waals surface area contributed by atoms with Crippen molar-refractivity contribution in [2.24, 2.45) is 5.41 Å². The summed E-state index contributed by atoms with van der Waals surface area (Å²) in [5.41, 5.74) is 0.588. The van der Waals surface area contributed by atoms with Crippen LogP contribution >= 0.6 is 0 Å². The maximum absolute atomic E-state index is 5.24. The summed E-state index contributed by atoms with van der Waals surface area (Å²) in [6.07, 6.45) is 2.63. The SMILES string of the molecule is CC1CC2(CCN1)COC2. The molecule has 1 spiro atoms. The Kier molecular flexibility index (Phi) is 1.46. The van der Waals surface area contributed by atoms with Gasteiger partial charge in [0, 0.05) is 11.5 Å². The summed E-state index contributed by atoms with van der Waals surface area (Å²) < 4.78 is 5.24. The van der Waals surface area contributed by atoms with Crippen LogP contribution in [0, 0.1) is 5.41 Å². The molecule has 2 aliphatic rings. The van der Waals surface area contributed by atoms with Crippen molar-refractivity contribution in [2.45, 2.75) is 25.8 Å². The van der Waals surface area contributed by atoms with E-state index in [4.69, 9.17) is 4.74 Å². The first-order chi connectivity index (χ1) is 4.81. The molecule has 1 unspecified atom stereocenters. The fraction of sp³-hybridized carbons (Fsp3) is 1.00. The Labute approximate surface area is 61.9 Å². The van der Waals surface area contributed by atoms with Gasteiger partial charge in [-0.2, -0.15) is 0 Å². The molecule has 2 fully saturated rings. The van der Waals surface area contributed by atoms with E-state index in [9.17, 15) is 0 Å². The highest BCUT2D eigenvalue weighted by Crippen LogP contribution is 2.37. The van der Waals surface area contributed by atoms with Crippen LogP contribution in [0.4, 0.5) is 0 Å². The third-order valence-corrected chi connectivity index (χ3v) is 2.70. The highest BCUT2D eigenvalue weighted by atomic mass is 16.5. The Balaban J connectivity index is 1.96. The van der Waals surface area contributed by atoms with Gasteiger partial charge in [-0.3, -0.25) is 0 Å². The standard InChI is InChI=1S/C8H15NO/c1-7-4-8(2-3-9-7)5-10-6-8/h7,9H,2-6H2,1H3. The predicted molar refractivity (Wildman–Crippen MR) is 40.0 cm³/mol. The van der Waals surface area contributed by atoms with Crippen LogP contribution < -0.4 is 5.32 Å². The first-order valence-corrected chi connectivity index (χ1v) is 4.12. The molecule has 2 saturated heterocycles. The van der Waals surface area contributed by atoms with Crippen LogP contribution in [-0.4, -0.2) is 25.8 Å². The monoisotopic (exact) mass is 141 g/mol. The minimum atomic E-state index is 0.588. The van der Waals surface area contributed by atoms with Crippen molar-refractivity contribution in [3.05, 3.63) is 0 Å². The lowest BCUT2D eigenvalue weighted by atomic mass is 9.75. The normalized spacial score (nSPS) is 37.5. The summed E-state index contributed by atoms with van der Waals surface area (Å²) in [6.45, 7) is 5.47. The zero-order chi connectivity index (χ0) is 7.03. The molecule has 0 saturated carbocycles. The van der Waals surface area contributed by atoms with Crippen molar-refractivity contribution >= 4 is 0 Å². The average molecular weight is 141 g/mol. The van der Waals surface area contributed by atoms with Crippen LogP contribution in [0.3, 0.4) is 0 Å². The lowest BCUT2D eigenvalue weighted by Crippen LogP contribution is -2.52. The summed E-state index contributed by atoms with van der Waals surface area (Å²) >= 11 is 0. The van der Waals surface area contributed by atoms with E-state index in [0.29, 0.717) is 11.5 Å². The molecule has 0 aromatic rings. The number of ether oxygens (including phenoxy) is 1. The van der Waals surface area contributed by atoms with Gasteiger partial charge in [-0.05, 0) is 26.3 Å². The van der Waals surface area contributed by atoms with Crippen molar-refractivity contribution < 1.29 is 4.74 Å². The van der Waals surface area contributed by atoms with E-state index in [1.165, 1.54) is 19.4 Å². The van der Waals surface area contributed by atoms with Gasteiger partial charge in [-0.25, -0.2) is 0 Å². The molecule has 0 bridgehead atoms. The Morgan fingerprint density at radius 1 is 1.50 bits per heavy atom. The van der Waals surface area contributed by atoms with E-state index in [2.05, 4.69) is 12.2 Å². The molecule has 0 aromatic heterocycles. The first-order valence-electron chi connectivity index (χ1n) is 4.12. The van der Waals surface area contributed by atoms with E-state index in [1.807, 2.05) is 0 Å². The third kappa shape index (κ3) is 0.956. The lowest BCUT2D eigenvalue weighted by Gasteiger charge is -2.46. The van der Waals surface area contributed by atoms with Gasteiger partial charge in [0.25, 0.3) is 0 Å². The largest absolute Gasteiger partial charge is 0.380 e. The highest BCUT2D eigenvalue weighted by molar-refractivity contribution is 4.92. The minimum absolute atomic E-state index is 0.588. The van der Waals surface area contributed by atoms with Crippen molar-refractivity contribution in [3.8, 4) is 0 Å². The summed E-state index contributed by atoms with van der Waals surface area (Å²) in [7, 11) is 0. The fourth-order valence-corrected chi connectivity index (χ4v) is 2.06. The first kappa shape index (κ1) is 6.62. The maximum Gasteiger partial charge on any atom is 0.0545 e. The van der Waals surface area contributed by atoms with Gasteiger partial charge in [0.1, 0.15) is 0 Å². The van der Waals surface area contributed by atoms with Gasteiger partial charge in [-0.1, -0.05) is 0 Å². The van der Waals surface area contributed by atoms with Gasteiger partial charge in [-0.15, -0.1) is 0 Å². The summed E-state index contributed by atoms with van der Waals surface area (Å²) in [5, 5.41) is 3.45. The zero-order valence-electron chi connectivity index (χ0n) is 6.52. The molecule has 1 atom stereocenters. The number of nitrogens with one attached hydrogen (secondary N) is 1. The Hall–Kier alpha value is -0.0800. The van der Waals surface area contributed by atoms with Crippen LogP contribution in [0.25, 0.3) is 0 Å². The van der Waals surface area contributed by atoms with Crippen LogP contribution in [-0.2, 0) is 4.74 Å². The minimum Gasteiger partial charge on any atom is -0.380 e. The molecule has 2 heterocycles. The molecule has 0 aliphatic carbocycles. The molecule has 2 heteroatoms. The molecule has 2 aliphatic heterocycles. The fourth-order valence-electron chi connectivity index (χ4n) is 2.06. The second-order valence-corrected chi connectivity index (χ2v) is 3.80. The molecule has 2 rings (SSSR count). The summed E-state index contributed by atoms with van der Waals surface area (Å²) in [4.78, 5) is 0. The van der Waals surface area contributed by atoms with Crippen LogP contribution in [0.15, 0.2) is 0 Å². The molecule has 0 aromatic carbocycles. The van der Waals surface area contributed by atoms with Crippen LogP contribution in [0.2, 0.25) is 0 Å². The second kappa shape index (κ2) is 2.21. The molecular weight excluding hydrogens is 126 g/mol. The Morgan fingerprint density at radius 3 is 2.70 bits per heavy atom. The van der Waals surface area contributed by atoms with E-state index in [0.717, 1.165) is 13.2 Å². The number of rotatable bonds is 0. The van der Waals surface area contributed by atoms with E-state index < -0.39 is 0 Å². The molecule has 10 heavy (non-hydrogen) atoms. The number of hydrogen-bond donors (Lipinski definition) is 1. The Morgan fingerprint density at radius 2 is 2.30 bits per heavy atom. The maximum atomic E-state index is 5.24. The topological polar surface area (TPSA) is 21.3 Å². The highest BCUT2D eigenvalue weighted by Gasteiger charge is 2.41. The van der Waals surface area contributed by atoms with E-state index in [-0.39, 0.29) is 0 Å². The van der Waals surface area contributed by atoms with E-state index in [1.54, 1.807) is 0 Å². The Bertz CT molecular complexity index is 131. The molecule has 58 valence electrons. The quantitative estimate of drug-likeness (QED) is 0.538. The molecule has 0 radical (unpaired) electrons. The van der Waals surface area contributed by atoms with E-state index >= 15 is 0 Å². The second-order valence-electron chi connectivity index (χ2n) is 3.80. The molecule has 2 nitrogen and oxygen atoms in total. The molecular formula is C8H15NO. The van der Waals surface area contributed by atoms with Crippen molar-refractivity contribution in [1.82, 2.24) is 5.32 Å². The van der Waals surface area contributed by atoms with Gasteiger partial charge in [0.15, 0.2) is 0 Å². The number of hydrogen-bond acceptors (Lipinski definition) is 2. The van der Waals surface area contributed by atoms with Crippen molar-refractivity contribution in [3.63, 3.8) is 0 Å². The summed E-state index contributed by atoms with van der Waals surface area (Å²) in [6, 6.07) is 0.706. The lowest BCUT2D eigenvalue weighted by molar-refractivity contribution is -0.132. The van der Waals surface area contributed by atoms with Gasteiger partial charge in [0.2, 0.25) is 0 Å². The predicted octanol–water partition coefficient (Wildman–Crippen LogP) is 0.775. The van der Waals surface area contributed by atoms with Crippen molar-refractivity contribution in [1.29, 1.82) is 0 Å². The van der Waals surface area contributed by atoms with Gasteiger partial charge >= 0.3 is 0 Å². The van der Waals surface area contributed by atoms with Gasteiger partial charge in [0.05, 0.1) is 13.2 Å². The van der Waals surface area contributed by atoms with Gasteiger partial charge < -0.3 is 10.1 Å². The zero-order valence-corrected chi connectivity index (χ0v) is 6.52. The summed E-state index contributed by atoms with van der Waals surface area (Å²) in [5.74, 6) is 0. The van der Waals surface area contributed by atoms with Crippen LogP contribution in [0.1, 0.15) is 19.8 Å². The molecule has 0 amide bonds. The van der Waals surface area contributed by atoms with Crippen LogP contribution in [0.5, 0.6) is 0 Å². The molecule has 1 N–H and O–H groups in total. The number of piperidine rings is 1. The average Bonchev–Trinajstić information content (AvgIpc) is 1.85.